The molecular formula is C13H21NO2. The van der Waals surface area contributed by atoms with E-state index in [1.807, 2.05) is 13.8 Å². The van der Waals surface area contributed by atoms with Crippen molar-refractivity contribution in [3.8, 4) is 0 Å². The summed E-state index contributed by atoms with van der Waals surface area (Å²) in [5.74, 6) is 1.14. The number of carbonyl (C=O) groups excluding carboxylic acids is 2. The molecule has 0 spiro atoms. The van der Waals surface area contributed by atoms with Gasteiger partial charge in [0.25, 0.3) is 0 Å². The van der Waals surface area contributed by atoms with Crippen molar-refractivity contribution < 1.29 is 9.59 Å². The fraction of sp³-hybridized carbons (Fsp3) is 0.846. The highest BCUT2D eigenvalue weighted by molar-refractivity contribution is 6.05. The number of carbonyl (C=O) groups is 2. The molecule has 2 rings (SSSR count). The third-order valence-electron chi connectivity index (χ3n) is 3.83. The van der Waals surface area contributed by atoms with E-state index in [0.717, 1.165) is 19.3 Å². The van der Waals surface area contributed by atoms with Crippen LogP contribution in [0.4, 0.5) is 0 Å². The van der Waals surface area contributed by atoms with Gasteiger partial charge in [-0.3, -0.25) is 14.5 Å². The summed E-state index contributed by atoms with van der Waals surface area (Å²) in [5.41, 5.74) is 0. The number of rotatable bonds is 2. The van der Waals surface area contributed by atoms with E-state index in [2.05, 4.69) is 6.92 Å². The molecule has 0 aromatic carbocycles. The Bertz CT molecular complexity index is 311. The van der Waals surface area contributed by atoms with Gasteiger partial charge in [-0.2, -0.15) is 0 Å². The molecular weight excluding hydrogens is 202 g/mol. The molecule has 3 nitrogen and oxygen atoms in total. The number of imide groups is 1. The molecule has 0 aromatic rings. The highest BCUT2D eigenvalue weighted by Gasteiger charge is 2.49. The molecule has 0 aromatic heterocycles. The largest absolute Gasteiger partial charge is 0.282 e. The smallest absolute Gasteiger partial charge is 0.233 e. The van der Waals surface area contributed by atoms with Gasteiger partial charge in [-0.15, -0.1) is 0 Å². The second kappa shape index (κ2) is 4.19. The minimum Gasteiger partial charge on any atom is -0.282 e. The Morgan fingerprint density at radius 1 is 1.19 bits per heavy atom. The van der Waals surface area contributed by atoms with Gasteiger partial charge in [0.15, 0.2) is 0 Å². The van der Waals surface area contributed by atoms with Crippen molar-refractivity contribution in [2.45, 2.75) is 40.0 Å². The zero-order valence-electron chi connectivity index (χ0n) is 10.4. The molecule has 1 aliphatic carbocycles. The second-order valence-corrected chi connectivity index (χ2v) is 5.81. The molecule has 2 aliphatic rings. The van der Waals surface area contributed by atoms with Crippen molar-refractivity contribution >= 4 is 11.8 Å². The first kappa shape index (κ1) is 11.6. The van der Waals surface area contributed by atoms with Crippen molar-refractivity contribution in [3.05, 3.63) is 0 Å². The predicted molar refractivity (Wildman–Crippen MR) is 61.6 cm³/mol. The summed E-state index contributed by atoms with van der Waals surface area (Å²) in [5, 5.41) is 0. The van der Waals surface area contributed by atoms with Crippen molar-refractivity contribution in [1.82, 2.24) is 4.90 Å². The predicted octanol–water partition coefficient (Wildman–Crippen LogP) is 2.06. The number of fused-ring (bicyclic) bond motifs is 1. The van der Waals surface area contributed by atoms with Gasteiger partial charge in [0, 0.05) is 6.54 Å². The molecule has 0 radical (unpaired) electrons. The molecule has 1 saturated heterocycles. The maximum atomic E-state index is 12.1. The van der Waals surface area contributed by atoms with E-state index in [9.17, 15) is 9.59 Å². The second-order valence-electron chi connectivity index (χ2n) is 5.81. The summed E-state index contributed by atoms with van der Waals surface area (Å²) in [6, 6.07) is 0. The summed E-state index contributed by atoms with van der Waals surface area (Å²) < 4.78 is 0. The standard InChI is InChI=1S/C13H21NO2/c1-8(2)7-14-12(15)10-5-4-9(3)6-11(10)13(14)16/h8-11H,4-7H2,1-3H3. The van der Waals surface area contributed by atoms with Crippen LogP contribution in [0.25, 0.3) is 0 Å². The number of amides is 2. The van der Waals surface area contributed by atoms with Crippen LogP contribution in [0.5, 0.6) is 0 Å². The van der Waals surface area contributed by atoms with Gasteiger partial charge in [0.1, 0.15) is 0 Å². The minimum atomic E-state index is -0.00463. The van der Waals surface area contributed by atoms with E-state index < -0.39 is 0 Å². The van der Waals surface area contributed by atoms with Crippen LogP contribution in [-0.2, 0) is 9.59 Å². The third kappa shape index (κ3) is 1.87. The molecule has 3 unspecified atom stereocenters. The van der Waals surface area contributed by atoms with Crippen molar-refractivity contribution in [3.63, 3.8) is 0 Å². The fourth-order valence-electron chi connectivity index (χ4n) is 3.00. The zero-order valence-corrected chi connectivity index (χ0v) is 10.4. The van der Waals surface area contributed by atoms with E-state index >= 15 is 0 Å². The molecule has 1 saturated carbocycles. The summed E-state index contributed by atoms with van der Waals surface area (Å²) in [4.78, 5) is 25.7. The van der Waals surface area contributed by atoms with Gasteiger partial charge in [0.2, 0.25) is 11.8 Å². The van der Waals surface area contributed by atoms with Crippen LogP contribution >= 0.6 is 0 Å². The highest BCUT2D eigenvalue weighted by Crippen LogP contribution is 2.40. The molecule has 1 heterocycles. The summed E-state index contributed by atoms with van der Waals surface area (Å²) in [7, 11) is 0. The van der Waals surface area contributed by atoms with E-state index in [1.54, 1.807) is 0 Å². The lowest BCUT2D eigenvalue weighted by atomic mass is 9.76. The Kier molecular flexibility index (Phi) is 3.04. The fourth-order valence-corrected chi connectivity index (χ4v) is 3.00. The maximum Gasteiger partial charge on any atom is 0.233 e. The first-order valence-corrected chi connectivity index (χ1v) is 6.36. The normalized spacial score (nSPS) is 34.8. The monoisotopic (exact) mass is 223 g/mol. The highest BCUT2D eigenvalue weighted by atomic mass is 16.2. The van der Waals surface area contributed by atoms with Crippen LogP contribution in [0.15, 0.2) is 0 Å². The molecule has 0 bridgehead atoms. The van der Waals surface area contributed by atoms with Crippen molar-refractivity contribution in [1.29, 1.82) is 0 Å². The lowest BCUT2D eigenvalue weighted by Gasteiger charge is -2.25. The van der Waals surface area contributed by atoms with Gasteiger partial charge in [-0.25, -0.2) is 0 Å². The topological polar surface area (TPSA) is 37.4 Å². The van der Waals surface area contributed by atoms with Crippen LogP contribution in [0.1, 0.15) is 40.0 Å². The summed E-state index contributed by atoms with van der Waals surface area (Å²) in [6.07, 6.45) is 2.91. The Labute approximate surface area is 97.2 Å². The van der Waals surface area contributed by atoms with Crippen LogP contribution in [0.3, 0.4) is 0 Å². The molecule has 16 heavy (non-hydrogen) atoms. The quantitative estimate of drug-likeness (QED) is 0.672. The lowest BCUT2D eigenvalue weighted by Crippen LogP contribution is -2.34. The first-order valence-electron chi connectivity index (χ1n) is 6.36. The van der Waals surface area contributed by atoms with E-state index in [1.165, 1.54) is 4.90 Å². The average molecular weight is 223 g/mol. The maximum absolute atomic E-state index is 12.1. The molecule has 2 amide bonds. The minimum absolute atomic E-state index is 0.00227. The van der Waals surface area contributed by atoms with Crippen LogP contribution in [0, 0.1) is 23.7 Å². The molecule has 90 valence electrons. The molecule has 3 atom stereocenters. The Hall–Kier alpha value is -0.860. The Morgan fingerprint density at radius 2 is 1.81 bits per heavy atom. The number of hydrogen-bond acceptors (Lipinski definition) is 2. The summed E-state index contributed by atoms with van der Waals surface area (Å²) in [6.45, 7) is 6.87. The third-order valence-corrected chi connectivity index (χ3v) is 3.83. The van der Waals surface area contributed by atoms with Gasteiger partial charge >= 0.3 is 0 Å². The van der Waals surface area contributed by atoms with Crippen LogP contribution < -0.4 is 0 Å². The average Bonchev–Trinajstić information content (AvgIpc) is 2.43. The first-order chi connectivity index (χ1) is 7.50. The molecule has 0 N–H and O–H groups in total. The van der Waals surface area contributed by atoms with E-state index in [-0.39, 0.29) is 23.7 Å². The molecule has 1 aliphatic heterocycles. The Balaban J connectivity index is 2.14. The molecule has 2 fully saturated rings. The summed E-state index contributed by atoms with van der Waals surface area (Å²) >= 11 is 0. The van der Waals surface area contributed by atoms with Crippen LogP contribution in [0.2, 0.25) is 0 Å². The van der Waals surface area contributed by atoms with E-state index in [4.69, 9.17) is 0 Å². The van der Waals surface area contributed by atoms with Gasteiger partial charge < -0.3 is 0 Å². The number of likely N-dealkylation sites (tertiary alicyclic amines) is 1. The number of hydrogen-bond donors (Lipinski definition) is 0. The van der Waals surface area contributed by atoms with Crippen LogP contribution in [-0.4, -0.2) is 23.3 Å². The number of nitrogens with zero attached hydrogens (tertiary/aromatic N) is 1. The molecule has 3 heteroatoms. The lowest BCUT2D eigenvalue weighted by molar-refractivity contribution is -0.140. The van der Waals surface area contributed by atoms with Gasteiger partial charge in [-0.05, 0) is 31.1 Å². The van der Waals surface area contributed by atoms with E-state index in [0.29, 0.717) is 18.4 Å². The Morgan fingerprint density at radius 3 is 2.44 bits per heavy atom. The zero-order chi connectivity index (χ0) is 11.9. The van der Waals surface area contributed by atoms with Gasteiger partial charge in [-0.1, -0.05) is 20.8 Å². The van der Waals surface area contributed by atoms with Crippen molar-refractivity contribution in [2.75, 3.05) is 6.54 Å². The van der Waals surface area contributed by atoms with Gasteiger partial charge in [0.05, 0.1) is 11.8 Å². The SMILES string of the molecule is CC(C)CN1C(=O)C2CCC(C)CC2C1=O. The van der Waals surface area contributed by atoms with Crippen molar-refractivity contribution in [2.24, 2.45) is 23.7 Å².